The molecule has 6 nitrogen and oxygen atoms in total. The van der Waals surface area contributed by atoms with Crippen LogP contribution in [-0.4, -0.2) is 24.1 Å². The van der Waals surface area contributed by atoms with Crippen molar-refractivity contribution in [2.24, 2.45) is 10.9 Å². The Hall–Kier alpha value is -3.28. The van der Waals surface area contributed by atoms with Crippen LogP contribution in [0.2, 0.25) is 0 Å². The highest BCUT2D eigenvalue weighted by Crippen LogP contribution is 2.29. The molecule has 0 radical (unpaired) electrons. The molecule has 2 atom stereocenters. The summed E-state index contributed by atoms with van der Waals surface area (Å²) in [5.41, 5.74) is 3.84. The predicted molar refractivity (Wildman–Crippen MR) is 135 cm³/mol. The van der Waals surface area contributed by atoms with Gasteiger partial charge in [0, 0.05) is 23.5 Å². The van der Waals surface area contributed by atoms with Crippen LogP contribution < -0.4 is 16.0 Å². The number of amidine groups is 1. The van der Waals surface area contributed by atoms with E-state index in [4.69, 9.17) is 9.73 Å². The van der Waals surface area contributed by atoms with E-state index in [-0.39, 0.29) is 12.3 Å². The van der Waals surface area contributed by atoms with Gasteiger partial charge in [0.1, 0.15) is 17.6 Å². The number of fused-ring (bicyclic) bond motifs is 1. The first kappa shape index (κ1) is 24.4. The Morgan fingerprint density at radius 2 is 1.85 bits per heavy atom. The van der Waals surface area contributed by atoms with E-state index >= 15 is 0 Å². The molecule has 176 valence electrons. The number of carbonyl (C=O) groups excluding carboxylic acids is 1. The molecule has 0 saturated carbocycles. The average Bonchev–Trinajstić information content (AvgIpc) is 2.76. The molecule has 0 aromatic heterocycles. The standard InChI is InChI=1S/C27H36N4O2/c1-19(12-11-17-28-26(32)33-27(3,4)5)18-20(2)29-25-22-15-9-10-16-23(22)30-24(31-25)21-13-7-6-8-14-21/h6-10,13-16,18-19,24,30H,11-12,17H2,1-5H3,(H,28,32)(H,29,31)/b20-18+. The fourth-order valence-electron chi connectivity index (χ4n) is 3.75. The van der Waals surface area contributed by atoms with Crippen molar-refractivity contribution < 1.29 is 9.53 Å². The number of anilines is 1. The molecule has 3 rings (SSSR count). The van der Waals surface area contributed by atoms with Crippen LogP contribution in [-0.2, 0) is 4.74 Å². The van der Waals surface area contributed by atoms with Crippen LogP contribution in [0.3, 0.4) is 0 Å². The lowest BCUT2D eigenvalue weighted by Crippen LogP contribution is -2.33. The van der Waals surface area contributed by atoms with Crippen LogP contribution in [0.4, 0.5) is 10.5 Å². The third-order valence-electron chi connectivity index (χ3n) is 5.20. The minimum atomic E-state index is -0.474. The minimum absolute atomic E-state index is 0.132. The van der Waals surface area contributed by atoms with E-state index in [0.29, 0.717) is 12.5 Å². The molecular weight excluding hydrogens is 412 g/mol. The van der Waals surface area contributed by atoms with E-state index < -0.39 is 5.60 Å². The van der Waals surface area contributed by atoms with Gasteiger partial charge in [0.05, 0.1) is 0 Å². The maximum Gasteiger partial charge on any atom is 0.407 e. The van der Waals surface area contributed by atoms with Crippen LogP contribution in [0.5, 0.6) is 0 Å². The van der Waals surface area contributed by atoms with Crippen molar-refractivity contribution in [1.29, 1.82) is 0 Å². The summed E-state index contributed by atoms with van der Waals surface area (Å²) in [5.74, 6) is 1.23. The number of ether oxygens (including phenoxy) is 1. The first-order valence-corrected chi connectivity index (χ1v) is 11.6. The summed E-state index contributed by atoms with van der Waals surface area (Å²) in [4.78, 5) is 16.7. The quantitative estimate of drug-likeness (QED) is 0.455. The second-order valence-corrected chi connectivity index (χ2v) is 9.50. The molecule has 2 aromatic rings. The van der Waals surface area contributed by atoms with Crippen LogP contribution in [0.15, 0.2) is 71.4 Å². The Bertz CT molecular complexity index is 993. The SMILES string of the molecule is C/C(=C\C(C)CCCNC(=O)OC(C)(C)C)NC1=NC(c2ccccc2)Nc2ccccc21. The van der Waals surface area contributed by atoms with Crippen molar-refractivity contribution in [3.63, 3.8) is 0 Å². The van der Waals surface area contributed by atoms with Gasteiger partial charge in [-0.2, -0.15) is 0 Å². The number of alkyl carbamates (subject to hydrolysis) is 1. The highest BCUT2D eigenvalue weighted by atomic mass is 16.6. The molecule has 0 spiro atoms. The van der Waals surface area contributed by atoms with Crippen molar-refractivity contribution in [3.8, 4) is 0 Å². The predicted octanol–water partition coefficient (Wildman–Crippen LogP) is 5.99. The van der Waals surface area contributed by atoms with Gasteiger partial charge in [-0.1, -0.05) is 55.5 Å². The van der Waals surface area contributed by atoms with Crippen molar-refractivity contribution >= 4 is 17.6 Å². The second kappa shape index (κ2) is 11.0. The number of nitrogens with one attached hydrogen (secondary N) is 3. The summed E-state index contributed by atoms with van der Waals surface area (Å²) in [6.45, 7) is 10.4. The lowest BCUT2D eigenvalue weighted by atomic mass is 10.0. The molecule has 1 aliphatic heterocycles. The molecule has 3 N–H and O–H groups in total. The first-order chi connectivity index (χ1) is 15.7. The van der Waals surface area contributed by atoms with Crippen LogP contribution >= 0.6 is 0 Å². The fraction of sp³-hybridized carbons (Fsp3) is 0.407. The number of rotatable bonds is 7. The minimum Gasteiger partial charge on any atom is -0.444 e. The average molecular weight is 449 g/mol. The Morgan fingerprint density at radius 1 is 1.15 bits per heavy atom. The molecule has 1 heterocycles. The van der Waals surface area contributed by atoms with Gasteiger partial charge in [-0.15, -0.1) is 0 Å². The Kier molecular flexibility index (Phi) is 8.15. The Balaban J connectivity index is 1.58. The molecule has 0 fully saturated rings. The number of benzene rings is 2. The number of nitrogens with zero attached hydrogens (tertiary/aromatic N) is 1. The van der Waals surface area contributed by atoms with E-state index in [0.717, 1.165) is 41.2 Å². The fourth-order valence-corrected chi connectivity index (χ4v) is 3.75. The molecule has 0 aliphatic carbocycles. The number of carbonyl (C=O) groups is 1. The Morgan fingerprint density at radius 3 is 2.58 bits per heavy atom. The zero-order valence-electron chi connectivity index (χ0n) is 20.3. The molecule has 1 aliphatic rings. The highest BCUT2D eigenvalue weighted by molar-refractivity contribution is 6.05. The lowest BCUT2D eigenvalue weighted by Gasteiger charge is -2.26. The van der Waals surface area contributed by atoms with Crippen molar-refractivity contribution in [2.45, 2.75) is 59.2 Å². The van der Waals surface area contributed by atoms with Crippen molar-refractivity contribution in [1.82, 2.24) is 10.6 Å². The highest BCUT2D eigenvalue weighted by Gasteiger charge is 2.21. The summed E-state index contributed by atoms with van der Waals surface area (Å²) in [5, 5.41) is 9.87. The number of hydrogen-bond donors (Lipinski definition) is 3. The maximum atomic E-state index is 11.8. The molecule has 33 heavy (non-hydrogen) atoms. The molecule has 2 aromatic carbocycles. The van der Waals surface area contributed by atoms with E-state index in [1.807, 2.05) is 51.1 Å². The van der Waals surface area contributed by atoms with Gasteiger partial charge >= 0.3 is 6.09 Å². The smallest absolute Gasteiger partial charge is 0.407 e. The van der Waals surface area contributed by atoms with Gasteiger partial charge in [0.15, 0.2) is 0 Å². The number of hydrogen-bond acceptors (Lipinski definition) is 5. The van der Waals surface area contributed by atoms with Gasteiger partial charge in [0.2, 0.25) is 0 Å². The van der Waals surface area contributed by atoms with Crippen LogP contribution in [0, 0.1) is 5.92 Å². The van der Waals surface area contributed by atoms with E-state index in [1.54, 1.807) is 0 Å². The first-order valence-electron chi connectivity index (χ1n) is 11.6. The number of aliphatic imine (C=N–C) groups is 1. The Labute approximate surface area is 197 Å². The summed E-state index contributed by atoms with van der Waals surface area (Å²) >= 11 is 0. The normalized spacial score (nSPS) is 16.7. The summed E-state index contributed by atoms with van der Waals surface area (Å²) in [6.07, 6.45) is 3.57. The third kappa shape index (κ3) is 7.67. The van der Waals surface area contributed by atoms with Gasteiger partial charge in [-0.05, 0) is 64.2 Å². The number of para-hydroxylation sites is 1. The van der Waals surface area contributed by atoms with Gasteiger partial charge < -0.3 is 20.7 Å². The van der Waals surface area contributed by atoms with Crippen LogP contribution in [0.25, 0.3) is 0 Å². The molecule has 6 heteroatoms. The van der Waals surface area contributed by atoms with Gasteiger partial charge in [0.25, 0.3) is 0 Å². The van der Waals surface area contributed by atoms with Gasteiger partial charge in [-0.3, -0.25) is 0 Å². The second-order valence-electron chi connectivity index (χ2n) is 9.50. The summed E-state index contributed by atoms with van der Waals surface area (Å²) < 4.78 is 5.27. The van der Waals surface area contributed by atoms with Crippen molar-refractivity contribution in [3.05, 3.63) is 77.5 Å². The summed E-state index contributed by atoms with van der Waals surface area (Å²) in [6, 6.07) is 18.5. The monoisotopic (exact) mass is 448 g/mol. The summed E-state index contributed by atoms with van der Waals surface area (Å²) in [7, 11) is 0. The van der Waals surface area contributed by atoms with Crippen molar-refractivity contribution in [2.75, 3.05) is 11.9 Å². The third-order valence-corrected chi connectivity index (χ3v) is 5.20. The molecule has 2 unspecified atom stereocenters. The van der Waals surface area contributed by atoms with Crippen LogP contribution in [0.1, 0.15) is 64.8 Å². The molecule has 1 amide bonds. The zero-order valence-corrected chi connectivity index (χ0v) is 20.3. The van der Waals surface area contributed by atoms with E-state index in [2.05, 4.69) is 60.1 Å². The topological polar surface area (TPSA) is 74.8 Å². The molecule has 0 bridgehead atoms. The largest absolute Gasteiger partial charge is 0.444 e. The van der Waals surface area contributed by atoms with Gasteiger partial charge in [-0.25, -0.2) is 9.79 Å². The molecule has 0 saturated heterocycles. The maximum absolute atomic E-state index is 11.8. The number of allylic oxidation sites excluding steroid dienone is 2. The van der Waals surface area contributed by atoms with E-state index in [1.165, 1.54) is 0 Å². The number of amides is 1. The zero-order chi connectivity index (χ0) is 23.8. The lowest BCUT2D eigenvalue weighted by molar-refractivity contribution is 0.0526. The molecular formula is C27H36N4O2. The van der Waals surface area contributed by atoms with E-state index in [9.17, 15) is 4.79 Å².